The molecular weight excluding hydrogens is 352 g/mol. The van der Waals surface area contributed by atoms with Crippen LogP contribution in [0.4, 0.5) is 0 Å². The highest BCUT2D eigenvalue weighted by Crippen LogP contribution is 2.22. The summed E-state index contributed by atoms with van der Waals surface area (Å²) in [6.07, 6.45) is 0. The zero-order valence-corrected chi connectivity index (χ0v) is 17.6. The summed E-state index contributed by atoms with van der Waals surface area (Å²) in [7, 11) is 3.35. The molecule has 0 aliphatic heterocycles. The number of nitrogens with zero attached hydrogens (tertiary/aromatic N) is 1. The summed E-state index contributed by atoms with van der Waals surface area (Å²) in [6, 6.07) is 14.5. The van der Waals surface area contributed by atoms with E-state index >= 15 is 0 Å². The summed E-state index contributed by atoms with van der Waals surface area (Å²) < 4.78 is 5.14. The lowest BCUT2D eigenvalue weighted by molar-refractivity contribution is -0.132. The van der Waals surface area contributed by atoms with E-state index in [1.54, 1.807) is 38.1 Å². The number of nitrogens with one attached hydrogen (secondary N) is 1. The molecule has 0 fully saturated rings. The van der Waals surface area contributed by atoms with E-state index in [0.717, 1.165) is 16.9 Å². The highest BCUT2D eigenvalue weighted by molar-refractivity contribution is 5.97. The van der Waals surface area contributed by atoms with Crippen LogP contribution in [-0.4, -0.2) is 36.9 Å². The smallest absolute Gasteiger partial charge is 0.251 e. The fraction of sp³-hybridized carbons (Fsp3) is 0.391. The van der Waals surface area contributed by atoms with Crippen LogP contribution in [0.5, 0.6) is 5.75 Å². The molecule has 0 saturated heterocycles. The molecule has 0 aliphatic rings. The minimum Gasteiger partial charge on any atom is -0.497 e. The van der Waals surface area contributed by atoms with E-state index in [-0.39, 0.29) is 17.2 Å². The standard InChI is InChI=1S/C23H30N2O3/c1-16(22(27)25(5)15-17-7-13-20(28-6)14-8-17)24-21(26)18-9-11-19(12-10-18)23(2,3)4/h7-14,16H,15H2,1-6H3,(H,24,26). The normalized spacial score (nSPS) is 12.2. The first-order valence-electron chi connectivity index (χ1n) is 9.41. The number of amides is 2. The second-order valence-electron chi connectivity index (χ2n) is 8.06. The van der Waals surface area contributed by atoms with Crippen molar-refractivity contribution in [1.82, 2.24) is 10.2 Å². The number of likely N-dealkylation sites (N-methyl/N-ethyl adjacent to an activating group) is 1. The largest absolute Gasteiger partial charge is 0.497 e. The Balaban J connectivity index is 1.95. The quantitative estimate of drug-likeness (QED) is 0.827. The maximum Gasteiger partial charge on any atom is 0.251 e. The predicted octanol–water partition coefficient (Wildman–Crippen LogP) is 3.77. The lowest BCUT2D eigenvalue weighted by atomic mass is 9.86. The molecule has 5 nitrogen and oxygen atoms in total. The Bertz CT molecular complexity index is 805. The molecular formula is C23H30N2O3. The summed E-state index contributed by atoms with van der Waals surface area (Å²) in [5, 5.41) is 2.79. The fourth-order valence-corrected chi connectivity index (χ4v) is 2.88. The molecule has 28 heavy (non-hydrogen) atoms. The molecule has 1 N–H and O–H groups in total. The molecule has 0 aromatic heterocycles. The van der Waals surface area contributed by atoms with Crippen LogP contribution in [0.1, 0.15) is 49.2 Å². The first-order chi connectivity index (χ1) is 13.1. The molecule has 1 atom stereocenters. The van der Waals surface area contributed by atoms with E-state index in [1.165, 1.54) is 0 Å². The van der Waals surface area contributed by atoms with Gasteiger partial charge in [0.2, 0.25) is 5.91 Å². The van der Waals surface area contributed by atoms with Gasteiger partial charge in [0.05, 0.1) is 7.11 Å². The average molecular weight is 383 g/mol. The molecule has 0 saturated carbocycles. The number of carbonyl (C=O) groups excluding carboxylic acids is 2. The van der Waals surface area contributed by atoms with Gasteiger partial charge in [0, 0.05) is 19.2 Å². The SMILES string of the molecule is COc1ccc(CN(C)C(=O)C(C)NC(=O)c2ccc(C(C)(C)C)cc2)cc1. The van der Waals surface area contributed by atoms with Crippen LogP contribution in [0.15, 0.2) is 48.5 Å². The van der Waals surface area contributed by atoms with Gasteiger partial charge < -0.3 is 15.0 Å². The van der Waals surface area contributed by atoms with Gasteiger partial charge in [-0.1, -0.05) is 45.0 Å². The third-order valence-electron chi connectivity index (χ3n) is 4.69. The third-order valence-corrected chi connectivity index (χ3v) is 4.69. The second-order valence-corrected chi connectivity index (χ2v) is 8.06. The van der Waals surface area contributed by atoms with Crippen LogP contribution < -0.4 is 10.1 Å². The summed E-state index contributed by atoms with van der Waals surface area (Å²) in [4.78, 5) is 26.7. The van der Waals surface area contributed by atoms with Crippen molar-refractivity contribution in [2.45, 2.75) is 45.7 Å². The maximum absolute atomic E-state index is 12.6. The molecule has 1 unspecified atom stereocenters. The first-order valence-corrected chi connectivity index (χ1v) is 9.41. The zero-order valence-electron chi connectivity index (χ0n) is 17.6. The topological polar surface area (TPSA) is 58.6 Å². The Morgan fingerprint density at radius 1 is 1.04 bits per heavy atom. The van der Waals surface area contributed by atoms with Crippen molar-refractivity contribution in [1.29, 1.82) is 0 Å². The van der Waals surface area contributed by atoms with Gasteiger partial charge in [0.1, 0.15) is 11.8 Å². The van der Waals surface area contributed by atoms with Crippen molar-refractivity contribution in [3.8, 4) is 5.75 Å². The molecule has 0 aliphatic carbocycles. The molecule has 0 bridgehead atoms. The van der Waals surface area contributed by atoms with E-state index in [2.05, 4.69) is 26.1 Å². The van der Waals surface area contributed by atoms with E-state index in [0.29, 0.717) is 12.1 Å². The number of rotatable bonds is 6. The van der Waals surface area contributed by atoms with Gasteiger partial charge in [-0.3, -0.25) is 9.59 Å². The van der Waals surface area contributed by atoms with Crippen molar-refractivity contribution in [2.75, 3.05) is 14.2 Å². The Morgan fingerprint density at radius 2 is 1.61 bits per heavy atom. The van der Waals surface area contributed by atoms with Crippen LogP contribution in [-0.2, 0) is 16.8 Å². The molecule has 2 amide bonds. The molecule has 2 aromatic carbocycles. The van der Waals surface area contributed by atoms with E-state index in [1.807, 2.05) is 36.4 Å². The van der Waals surface area contributed by atoms with Crippen molar-refractivity contribution in [3.63, 3.8) is 0 Å². The van der Waals surface area contributed by atoms with Crippen LogP contribution in [0.25, 0.3) is 0 Å². The van der Waals surface area contributed by atoms with Crippen molar-refractivity contribution < 1.29 is 14.3 Å². The van der Waals surface area contributed by atoms with Gasteiger partial charge in [-0.15, -0.1) is 0 Å². The lowest BCUT2D eigenvalue weighted by Gasteiger charge is -2.23. The number of hydrogen-bond donors (Lipinski definition) is 1. The van der Waals surface area contributed by atoms with Crippen LogP contribution >= 0.6 is 0 Å². The van der Waals surface area contributed by atoms with Crippen LogP contribution in [0, 0.1) is 0 Å². The average Bonchev–Trinajstić information content (AvgIpc) is 2.67. The summed E-state index contributed by atoms with van der Waals surface area (Å²) in [5.41, 5.74) is 2.73. The maximum atomic E-state index is 12.6. The number of benzene rings is 2. The summed E-state index contributed by atoms with van der Waals surface area (Å²) in [6.45, 7) is 8.54. The highest BCUT2D eigenvalue weighted by Gasteiger charge is 2.21. The second kappa shape index (κ2) is 8.91. The Hall–Kier alpha value is -2.82. The summed E-state index contributed by atoms with van der Waals surface area (Å²) in [5.74, 6) is 0.380. The first kappa shape index (κ1) is 21.5. The van der Waals surface area contributed by atoms with E-state index in [9.17, 15) is 9.59 Å². The van der Waals surface area contributed by atoms with Crippen LogP contribution in [0.2, 0.25) is 0 Å². The molecule has 2 rings (SSSR count). The van der Waals surface area contributed by atoms with Crippen molar-refractivity contribution >= 4 is 11.8 Å². The molecule has 150 valence electrons. The van der Waals surface area contributed by atoms with Gasteiger partial charge in [-0.05, 0) is 47.7 Å². The van der Waals surface area contributed by atoms with Gasteiger partial charge >= 0.3 is 0 Å². The van der Waals surface area contributed by atoms with Gasteiger partial charge in [-0.25, -0.2) is 0 Å². The number of methoxy groups -OCH3 is 1. The molecule has 0 heterocycles. The fourth-order valence-electron chi connectivity index (χ4n) is 2.88. The molecule has 0 spiro atoms. The highest BCUT2D eigenvalue weighted by atomic mass is 16.5. The number of hydrogen-bond acceptors (Lipinski definition) is 3. The predicted molar refractivity (Wildman–Crippen MR) is 112 cm³/mol. The van der Waals surface area contributed by atoms with E-state index in [4.69, 9.17) is 4.74 Å². The Morgan fingerprint density at radius 3 is 2.11 bits per heavy atom. The minimum absolute atomic E-state index is 0.0302. The lowest BCUT2D eigenvalue weighted by Crippen LogP contribution is -2.45. The van der Waals surface area contributed by atoms with E-state index < -0.39 is 6.04 Å². The van der Waals surface area contributed by atoms with Crippen molar-refractivity contribution in [3.05, 3.63) is 65.2 Å². The number of carbonyl (C=O) groups is 2. The Kier molecular flexibility index (Phi) is 6.84. The summed E-state index contributed by atoms with van der Waals surface area (Å²) >= 11 is 0. The van der Waals surface area contributed by atoms with Gasteiger partial charge in [-0.2, -0.15) is 0 Å². The minimum atomic E-state index is -0.613. The van der Waals surface area contributed by atoms with Gasteiger partial charge in [0.15, 0.2) is 0 Å². The monoisotopic (exact) mass is 382 g/mol. The van der Waals surface area contributed by atoms with Gasteiger partial charge in [0.25, 0.3) is 5.91 Å². The molecule has 0 radical (unpaired) electrons. The Labute approximate surface area is 167 Å². The molecule has 5 heteroatoms. The van der Waals surface area contributed by atoms with Crippen molar-refractivity contribution in [2.24, 2.45) is 0 Å². The molecule has 2 aromatic rings. The number of ether oxygens (including phenoxy) is 1. The van der Waals surface area contributed by atoms with Crippen LogP contribution in [0.3, 0.4) is 0 Å². The zero-order chi connectivity index (χ0) is 20.9. The third kappa shape index (κ3) is 5.59.